The monoisotopic (exact) mass is 355 g/mol. The van der Waals surface area contributed by atoms with Crippen molar-refractivity contribution in [2.24, 2.45) is 0 Å². The van der Waals surface area contributed by atoms with Crippen LogP contribution in [0.1, 0.15) is 32.7 Å². The Labute approximate surface area is 149 Å². The van der Waals surface area contributed by atoms with Crippen LogP contribution in [0.15, 0.2) is 53.6 Å². The number of rotatable bonds is 2. The van der Waals surface area contributed by atoms with Crippen molar-refractivity contribution < 1.29 is 9.59 Å². The number of ketones is 2. The van der Waals surface area contributed by atoms with Gasteiger partial charge < -0.3 is 0 Å². The van der Waals surface area contributed by atoms with Crippen LogP contribution in [0.4, 0.5) is 0 Å². The van der Waals surface area contributed by atoms with Gasteiger partial charge >= 0.3 is 0 Å². The van der Waals surface area contributed by atoms with Gasteiger partial charge in [0.1, 0.15) is 6.07 Å². The van der Waals surface area contributed by atoms with Crippen molar-refractivity contribution in [3.63, 3.8) is 0 Å². The van der Waals surface area contributed by atoms with Gasteiger partial charge in [-0.15, -0.1) is 0 Å². The summed E-state index contributed by atoms with van der Waals surface area (Å²) in [5.74, 6) is -0.573. The third kappa shape index (κ3) is 2.99. The molecule has 2 aromatic carbocycles. The number of Topliss-reactive ketones (excluding diaryl/α,β-unsaturated/α-hetero) is 2. The van der Waals surface area contributed by atoms with Crippen LogP contribution in [-0.2, 0) is 6.42 Å². The van der Waals surface area contributed by atoms with Gasteiger partial charge in [-0.1, -0.05) is 47.5 Å². The van der Waals surface area contributed by atoms with Crippen LogP contribution in [0.5, 0.6) is 0 Å². The maximum Gasteiger partial charge on any atom is 0.205 e. The third-order valence-corrected chi connectivity index (χ3v) is 4.51. The van der Waals surface area contributed by atoms with Gasteiger partial charge in [0.15, 0.2) is 5.78 Å². The highest BCUT2D eigenvalue weighted by atomic mass is 35.5. The molecule has 0 aromatic heterocycles. The van der Waals surface area contributed by atoms with Crippen molar-refractivity contribution in [2.45, 2.75) is 12.8 Å². The lowest BCUT2D eigenvalue weighted by Crippen LogP contribution is -2.17. The smallest absolute Gasteiger partial charge is 0.205 e. The Bertz CT molecular complexity index is 939. The predicted molar refractivity (Wildman–Crippen MR) is 92.5 cm³/mol. The highest BCUT2D eigenvalue weighted by Gasteiger charge is 2.26. The molecule has 0 bridgehead atoms. The van der Waals surface area contributed by atoms with E-state index in [0.717, 1.165) is 5.56 Å². The molecule has 0 unspecified atom stereocenters. The van der Waals surface area contributed by atoms with Gasteiger partial charge in [-0.3, -0.25) is 9.59 Å². The zero-order chi connectivity index (χ0) is 17.3. The van der Waals surface area contributed by atoms with E-state index in [9.17, 15) is 14.9 Å². The molecule has 2 aromatic rings. The molecule has 0 aliphatic heterocycles. The molecule has 0 N–H and O–H groups in total. The Morgan fingerprint density at radius 2 is 1.83 bits per heavy atom. The lowest BCUT2D eigenvalue weighted by Gasteiger charge is -2.18. The summed E-state index contributed by atoms with van der Waals surface area (Å²) in [7, 11) is 0. The molecule has 1 aliphatic rings. The molecule has 0 spiro atoms. The van der Waals surface area contributed by atoms with Crippen LogP contribution in [0.25, 0.3) is 0 Å². The number of hydrogen-bond acceptors (Lipinski definition) is 3. The summed E-state index contributed by atoms with van der Waals surface area (Å²) >= 11 is 11.9. The van der Waals surface area contributed by atoms with E-state index < -0.39 is 5.78 Å². The molecule has 0 saturated carbocycles. The fraction of sp³-hybridized carbons (Fsp3) is 0.105. The van der Waals surface area contributed by atoms with Crippen LogP contribution >= 0.6 is 23.2 Å². The van der Waals surface area contributed by atoms with Crippen molar-refractivity contribution >= 4 is 34.8 Å². The molecule has 3 rings (SSSR count). The van der Waals surface area contributed by atoms with Gasteiger partial charge in [-0.05, 0) is 35.8 Å². The fourth-order valence-electron chi connectivity index (χ4n) is 2.80. The quantitative estimate of drug-likeness (QED) is 0.440. The Morgan fingerprint density at radius 1 is 1.08 bits per heavy atom. The lowest BCUT2D eigenvalue weighted by atomic mass is 9.83. The van der Waals surface area contributed by atoms with Gasteiger partial charge in [0.25, 0.3) is 0 Å². The zero-order valence-corrected chi connectivity index (χ0v) is 14.0. The number of fused-ring (bicyclic) bond motifs is 1. The Hall–Kier alpha value is -2.41. The average molecular weight is 356 g/mol. The molecule has 0 atom stereocenters. The first kappa shape index (κ1) is 16.4. The van der Waals surface area contributed by atoms with Gasteiger partial charge in [0, 0.05) is 22.6 Å². The molecule has 0 saturated heterocycles. The first-order valence-corrected chi connectivity index (χ1v) is 8.00. The number of nitrogens with zero attached hydrogens (tertiary/aromatic N) is 1. The minimum absolute atomic E-state index is 0.0259. The Morgan fingerprint density at radius 3 is 2.54 bits per heavy atom. The van der Waals surface area contributed by atoms with E-state index in [0.29, 0.717) is 22.6 Å². The number of carbonyl (C=O) groups excluding carboxylic acids is 2. The summed E-state index contributed by atoms with van der Waals surface area (Å²) < 4.78 is 0. The molecule has 3 nitrogen and oxygen atoms in total. The second-order valence-electron chi connectivity index (χ2n) is 5.48. The second-order valence-corrected chi connectivity index (χ2v) is 6.32. The molecule has 5 heteroatoms. The van der Waals surface area contributed by atoms with Crippen molar-refractivity contribution in [3.05, 3.63) is 80.3 Å². The van der Waals surface area contributed by atoms with E-state index in [-0.39, 0.29) is 28.4 Å². The van der Waals surface area contributed by atoms with E-state index in [2.05, 4.69) is 0 Å². The highest BCUT2D eigenvalue weighted by molar-refractivity contribution is 6.37. The first-order chi connectivity index (χ1) is 11.5. The maximum absolute atomic E-state index is 12.7. The van der Waals surface area contributed by atoms with E-state index in [4.69, 9.17) is 23.2 Å². The van der Waals surface area contributed by atoms with Crippen molar-refractivity contribution in [1.82, 2.24) is 0 Å². The normalized spacial score (nSPS) is 15.5. The van der Waals surface area contributed by atoms with Crippen molar-refractivity contribution in [2.75, 3.05) is 0 Å². The molecule has 118 valence electrons. The molecule has 0 heterocycles. The standard InChI is InChI=1S/C19H11Cl2NO2/c20-13-5-6-15(17(21)9-13)19(24)16(10-22)12-7-11-3-1-2-4-14(11)18(23)8-12/h1-6,9H,7-8H2/b16-12+. The van der Waals surface area contributed by atoms with Gasteiger partial charge in [0.2, 0.25) is 5.78 Å². The lowest BCUT2D eigenvalue weighted by molar-refractivity contribution is 0.0987. The SMILES string of the molecule is N#C/C(C(=O)c1ccc(Cl)cc1Cl)=C1\CC(=O)c2ccccc2C1. The number of nitriles is 1. The summed E-state index contributed by atoms with van der Waals surface area (Å²) in [6.45, 7) is 0. The predicted octanol–water partition coefficient (Wildman–Crippen LogP) is 4.83. The molecule has 1 aliphatic carbocycles. The average Bonchev–Trinajstić information content (AvgIpc) is 2.55. The molecular formula is C19H11Cl2NO2. The zero-order valence-electron chi connectivity index (χ0n) is 12.5. The van der Waals surface area contributed by atoms with Crippen LogP contribution < -0.4 is 0 Å². The van der Waals surface area contributed by atoms with Crippen LogP contribution in [0, 0.1) is 11.3 Å². The van der Waals surface area contributed by atoms with Crippen LogP contribution in [0.2, 0.25) is 10.0 Å². The number of benzene rings is 2. The number of halogens is 2. The third-order valence-electron chi connectivity index (χ3n) is 3.96. The number of hydrogen-bond donors (Lipinski definition) is 0. The molecule has 0 fully saturated rings. The maximum atomic E-state index is 12.7. The number of carbonyl (C=O) groups is 2. The molecular weight excluding hydrogens is 345 g/mol. The van der Waals surface area contributed by atoms with Gasteiger partial charge in [-0.25, -0.2) is 0 Å². The summed E-state index contributed by atoms with van der Waals surface area (Å²) in [5, 5.41) is 10.1. The summed E-state index contributed by atoms with van der Waals surface area (Å²) in [5.41, 5.74) is 2.18. The fourth-order valence-corrected chi connectivity index (χ4v) is 3.30. The van der Waals surface area contributed by atoms with E-state index >= 15 is 0 Å². The van der Waals surface area contributed by atoms with Crippen molar-refractivity contribution in [1.29, 1.82) is 5.26 Å². The minimum atomic E-state index is -0.485. The van der Waals surface area contributed by atoms with Gasteiger partial charge in [-0.2, -0.15) is 5.26 Å². The largest absolute Gasteiger partial charge is 0.294 e. The van der Waals surface area contributed by atoms with Crippen LogP contribution in [-0.4, -0.2) is 11.6 Å². The molecule has 24 heavy (non-hydrogen) atoms. The minimum Gasteiger partial charge on any atom is -0.294 e. The highest BCUT2D eigenvalue weighted by Crippen LogP contribution is 2.30. The van der Waals surface area contributed by atoms with E-state index in [1.807, 2.05) is 18.2 Å². The Balaban J connectivity index is 2.06. The summed E-state index contributed by atoms with van der Waals surface area (Å²) in [4.78, 5) is 25.0. The second kappa shape index (κ2) is 6.60. The van der Waals surface area contributed by atoms with Gasteiger partial charge in [0.05, 0.1) is 10.6 Å². The molecule has 0 radical (unpaired) electrons. The van der Waals surface area contributed by atoms with Crippen molar-refractivity contribution in [3.8, 4) is 6.07 Å². The van der Waals surface area contributed by atoms with Crippen LogP contribution in [0.3, 0.4) is 0 Å². The van der Waals surface area contributed by atoms with E-state index in [1.54, 1.807) is 18.2 Å². The topological polar surface area (TPSA) is 57.9 Å². The first-order valence-electron chi connectivity index (χ1n) is 7.24. The summed E-state index contributed by atoms with van der Waals surface area (Å²) in [6.07, 6.45) is 0.471. The summed E-state index contributed by atoms with van der Waals surface area (Å²) in [6, 6.07) is 13.7. The Kier molecular flexibility index (Phi) is 4.53. The van der Waals surface area contributed by atoms with E-state index in [1.165, 1.54) is 12.1 Å². The number of allylic oxidation sites excluding steroid dienone is 2. The molecule has 0 amide bonds.